The first kappa shape index (κ1) is 10.4. The van der Waals surface area contributed by atoms with Gasteiger partial charge in [-0.05, 0) is 19.1 Å². The van der Waals surface area contributed by atoms with Gasteiger partial charge < -0.3 is 10.0 Å². The van der Waals surface area contributed by atoms with E-state index in [1.54, 1.807) is 6.92 Å². The minimum absolute atomic E-state index is 0.346. The van der Waals surface area contributed by atoms with Gasteiger partial charge in [-0.3, -0.25) is 0 Å². The number of aliphatic hydroxyl groups is 1. The van der Waals surface area contributed by atoms with Crippen molar-refractivity contribution in [3.8, 4) is 0 Å². The van der Waals surface area contributed by atoms with Crippen LogP contribution in [0.1, 0.15) is 6.92 Å². The van der Waals surface area contributed by atoms with Crippen molar-refractivity contribution in [2.45, 2.75) is 13.0 Å². The summed E-state index contributed by atoms with van der Waals surface area (Å²) in [6.07, 6.45) is -0.346. The molecule has 1 atom stereocenters. The minimum Gasteiger partial charge on any atom is -0.392 e. The van der Waals surface area contributed by atoms with E-state index in [1.807, 2.05) is 36.2 Å². The van der Waals surface area contributed by atoms with Crippen LogP contribution in [0.4, 0.5) is 5.69 Å². The number of nitrogens with zero attached hydrogens (tertiary/aromatic N) is 1. The molecule has 0 fully saturated rings. The molecule has 3 heteroatoms. The molecule has 13 heavy (non-hydrogen) atoms. The molecule has 1 unspecified atom stereocenters. The second-order valence-electron chi connectivity index (χ2n) is 3.18. The summed E-state index contributed by atoms with van der Waals surface area (Å²) in [6, 6.07) is 7.60. The third-order valence-electron chi connectivity index (χ3n) is 1.80. The van der Waals surface area contributed by atoms with E-state index in [2.05, 4.69) is 0 Å². The molecule has 72 valence electrons. The number of hydrogen-bond donors (Lipinski definition) is 1. The molecule has 2 nitrogen and oxygen atoms in total. The number of likely N-dealkylation sites (N-methyl/N-ethyl adjacent to an activating group) is 1. The highest BCUT2D eigenvalue weighted by molar-refractivity contribution is 6.33. The molecular weight excluding hydrogens is 186 g/mol. The Kier molecular flexibility index (Phi) is 3.58. The molecule has 0 saturated carbocycles. The molecular formula is C10H14ClNO. The zero-order chi connectivity index (χ0) is 9.84. The van der Waals surface area contributed by atoms with E-state index in [0.29, 0.717) is 11.6 Å². The monoisotopic (exact) mass is 199 g/mol. The molecule has 0 heterocycles. The Hall–Kier alpha value is -0.730. The van der Waals surface area contributed by atoms with Gasteiger partial charge in [0.25, 0.3) is 0 Å². The zero-order valence-electron chi connectivity index (χ0n) is 7.87. The summed E-state index contributed by atoms with van der Waals surface area (Å²) in [5.41, 5.74) is 0.949. The third kappa shape index (κ3) is 2.90. The fourth-order valence-electron chi connectivity index (χ4n) is 1.26. The predicted octanol–water partition coefficient (Wildman–Crippen LogP) is 2.16. The molecule has 0 bridgehead atoms. The smallest absolute Gasteiger partial charge is 0.0686 e. The summed E-state index contributed by atoms with van der Waals surface area (Å²) >= 11 is 5.98. The lowest BCUT2D eigenvalue weighted by molar-refractivity contribution is 0.201. The van der Waals surface area contributed by atoms with Crippen LogP contribution < -0.4 is 4.90 Å². The van der Waals surface area contributed by atoms with E-state index in [1.165, 1.54) is 0 Å². The SMILES string of the molecule is CC(O)CN(C)c1ccccc1Cl. The van der Waals surface area contributed by atoms with E-state index in [9.17, 15) is 5.11 Å². The molecule has 1 aromatic carbocycles. The predicted molar refractivity (Wildman–Crippen MR) is 56.4 cm³/mol. The van der Waals surface area contributed by atoms with Crippen LogP contribution in [0.15, 0.2) is 24.3 Å². The number of halogens is 1. The van der Waals surface area contributed by atoms with Crippen molar-refractivity contribution in [3.05, 3.63) is 29.3 Å². The quantitative estimate of drug-likeness (QED) is 0.807. The normalized spacial score (nSPS) is 12.6. The van der Waals surface area contributed by atoms with E-state index < -0.39 is 0 Å². The second kappa shape index (κ2) is 4.49. The lowest BCUT2D eigenvalue weighted by Gasteiger charge is -2.21. The first-order valence-electron chi connectivity index (χ1n) is 4.25. The van der Waals surface area contributed by atoms with E-state index >= 15 is 0 Å². The maximum Gasteiger partial charge on any atom is 0.0686 e. The van der Waals surface area contributed by atoms with Gasteiger partial charge in [0, 0.05) is 13.6 Å². The number of aliphatic hydroxyl groups excluding tert-OH is 1. The summed E-state index contributed by atoms with van der Waals surface area (Å²) in [5.74, 6) is 0. The van der Waals surface area contributed by atoms with Crippen LogP contribution in [0.5, 0.6) is 0 Å². The van der Waals surface area contributed by atoms with E-state index in [-0.39, 0.29) is 6.10 Å². The van der Waals surface area contributed by atoms with Crippen molar-refractivity contribution in [1.82, 2.24) is 0 Å². The van der Waals surface area contributed by atoms with Crippen LogP contribution in [0.25, 0.3) is 0 Å². The van der Waals surface area contributed by atoms with E-state index in [4.69, 9.17) is 11.6 Å². The van der Waals surface area contributed by atoms with Crippen molar-refractivity contribution >= 4 is 17.3 Å². The molecule has 0 spiro atoms. The lowest BCUT2D eigenvalue weighted by atomic mass is 10.3. The fraction of sp³-hybridized carbons (Fsp3) is 0.400. The Morgan fingerprint density at radius 2 is 2.08 bits per heavy atom. The summed E-state index contributed by atoms with van der Waals surface area (Å²) in [7, 11) is 1.91. The molecule has 0 aromatic heterocycles. The van der Waals surface area contributed by atoms with Crippen LogP contribution >= 0.6 is 11.6 Å². The summed E-state index contributed by atoms with van der Waals surface area (Å²) in [6.45, 7) is 2.34. The summed E-state index contributed by atoms with van der Waals surface area (Å²) < 4.78 is 0. The average Bonchev–Trinajstić information content (AvgIpc) is 2.03. The topological polar surface area (TPSA) is 23.5 Å². The third-order valence-corrected chi connectivity index (χ3v) is 2.12. The van der Waals surface area contributed by atoms with Gasteiger partial charge in [0.1, 0.15) is 0 Å². The van der Waals surface area contributed by atoms with Crippen molar-refractivity contribution < 1.29 is 5.11 Å². The Bertz CT molecular complexity index is 275. The van der Waals surface area contributed by atoms with E-state index in [0.717, 1.165) is 5.69 Å². The lowest BCUT2D eigenvalue weighted by Crippen LogP contribution is -2.26. The Morgan fingerprint density at radius 3 is 2.62 bits per heavy atom. The van der Waals surface area contributed by atoms with Gasteiger partial charge in [0.15, 0.2) is 0 Å². The standard InChI is InChI=1S/C10H14ClNO/c1-8(13)7-12(2)10-6-4-3-5-9(10)11/h3-6,8,13H,7H2,1-2H3. The maximum atomic E-state index is 9.19. The minimum atomic E-state index is -0.346. The van der Waals surface area contributed by atoms with Crippen molar-refractivity contribution in [2.24, 2.45) is 0 Å². The molecule has 0 aliphatic rings. The van der Waals surface area contributed by atoms with Crippen LogP contribution in [0.2, 0.25) is 5.02 Å². The Morgan fingerprint density at radius 1 is 1.46 bits per heavy atom. The van der Waals surface area contributed by atoms with Crippen molar-refractivity contribution in [1.29, 1.82) is 0 Å². The first-order valence-corrected chi connectivity index (χ1v) is 4.63. The highest BCUT2D eigenvalue weighted by atomic mass is 35.5. The van der Waals surface area contributed by atoms with Gasteiger partial charge >= 0.3 is 0 Å². The van der Waals surface area contributed by atoms with Crippen LogP contribution in [-0.2, 0) is 0 Å². The number of hydrogen-bond acceptors (Lipinski definition) is 2. The van der Waals surface area contributed by atoms with Crippen LogP contribution in [0.3, 0.4) is 0 Å². The Balaban J connectivity index is 2.76. The van der Waals surface area contributed by atoms with Gasteiger partial charge in [0.2, 0.25) is 0 Å². The number of para-hydroxylation sites is 1. The van der Waals surface area contributed by atoms with Crippen molar-refractivity contribution in [3.63, 3.8) is 0 Å². The molecule has 0 aliphatic heterocycles. The molecule has 0 amide bonds. The average molecular weight is 200 g/mol. The molecule has 0 radical (unpaired) electrons. The van der Waals surface area contributed by atoms with Gasteiger partial charge in [0.05, 0.1) is 16.8 Å². The molecule has 1 N–H and O–H groups in total. The van der Waals surface area contributed by atoms with Gasteiger partial charge in [-0.25, -0.2) is 0 Å². The number of rotatable bonds is 3. The van der Waals surface area contributed by atoms with Crippen molar-refractivity contribution in [2.75, 3.05) is 18.5 Å². The number of benzene rings is 1. The van der Waals surface area contributed by atoms with Gasteiger partial charge in [-0.1, -0.05) is 23.7 Å². The highest BCUT2D eigenvalue weighted by Gasteiger charge is 2.06. The van der Waals surface area contributed by atoms with Crippen LogP contribution in [0, 0.1) is 0 Å². The molecule has 0 saturated heterocycles. The Labute approximate surface area is 83.7 Å². The maximum absolute atomic E-state index is 9.19. The highest BCUT2D eigenvalue weighted by Crippen LogP contribution is 2.23. The van der Waals surface area contributed by atoms with Gasteiger partial charge in [-0.15, -0.1) is 0 Å². The summed E-state index contributed by atoms with van der Waals surface area (Å²) in [4.78, 5) is 1.94. The molecule has 1 rings (SSSR count). The largest absolute Gasteiger partial charge is 0.392 e. The zero-order valence-corrected chi connectivity index (χ0v) is 8.62. The summed E-state index contributed by atoms with van der Waals surface area (Å²) in [5, 5.41) is 9.90. The first-order chi connectivity index (χ1) is 6.11. The molecule has 0 aliphatic carbocycles. The number of anilines is 1. The fourth-order valence-corrected chi connectivity index (χ4v) is 1.54. The molecule has 1 aromatic rings. The second-order valence-corrected chi connectivity index (χ2v) is 3.59. The van der Waals surface area contributed by atoms with Crippen LogP contribution in [-0.4, -0.2) is 24.8 Å². The van der Waals surface area contributed by atoms with Gasteiger partial charge in [-0.2, -0.15) is 0 Å².